The second-order valence-electron chi connectivity index (χ2n) is 5.22. The Balaban J connectivity index is 2.04. The van der Waals surface area contributed by atoms with Crippen LogP contribution < -0.4 is 5.73 Å². The summed E-state index contributed by atoms with van der Waals surface area (Å²) in [5.41, 5.74) is 4.30. The molecular weight excluding hydrogens is 304 g/mol. The standard InChI is InChI=1S/C15H20N2O4S/c16-9-12(22)13(18)17-8-4-7-15(17,20)14(19)21-10-11-5-2-1-3-6-11/h1-3,5-6,12,20,22H,4,7-10,16H2. The number of nitrogens with zero attached hydrogens (tertiary/aromatic N) is 1. The number of rotatable bonds is 5. The van der Waals surface area contributed by atoms with Crippen LogP contribution in [0.5, 0.6) is 0 Å². The van der Waals surface area contributed by atoms with Crippen LogP contribution in [0.4, 0.5) is 0 Å². The number of ether oxygens (including phenoxy) is 1. The van der Waals surface area contributed by atoms with Crippen molar-refractivity contribution >= 4 is 24.5 Å². The van der Waals surface area contributed by atoms with Gasteiger partial charge in [-0.25, -0.2) is 4.79 Å². The molecule has 2 unspecified atom stereocenters. The second-order valence-corrected chi connectivity index (χ2v) is 5.85. The molecule has 0 spiro atoms. The Morgan fingerprint density at radius 2 is 2.09 bits per heavy atom. The molecule has 0 saturated carbocycles. The van der Waals surface area contributed by atoms with Crippen molar-refractivity contribution in [3.63, 3.8) is 0 Å². The van der Waals surface area contributed by atoms with Crippen LogP contribution in [0.2, 0.25) is 0 Å². The summed E-state index contributed by atoms with van der Waals surface area (Å²) in [5.74, 6) is -1.28. The number of carbonyl (C=O) groups excluding carboxylic acids is 2. The van der Waals surface area contributed by atoms with Gasteiger partial charge in [0.25, 0.3) is 0 Å². The van der Waals surface area contributed by atoms with Crippen molar-refractivity contribution in [3.05, 3.63) is 35.9 Å². The van der Waals surface area contributed by atoms with Gasteiger partial charge in [0.05, 0.1) is 5.25 Å². The minimum absolute atomic E-state index is 0.0353. The quantitative estimate of drug-likeness (QED) is 0.535. The van der Waals surface area contributed by atoms with Gasteiger partial charge in [-0.05, 0) is 12.0 Å². The lowest BCUT2D eigenvalue weighted by Crippen LogP contribution is -2.56. The highest BCUT2D eigenvalue weighted by Gasteiger charge is 2.50. The normalized spacial score (nSPS) is 22.4. The number of thiol groups is 1. The zero-order chi connectivity index (χ0) is 16.2. The first kappa shape index (κ1) is 16.8. The molecule has 0 radical (unpaired) electrons. The zero-order valence-electron chi connectivity index (χ0n) is 12.1. The number of amides is 1. The van der Waals surface area contributed by atoms with Crippen LogP contribution in [0.15, 0.2) is 30.3 Å². The minimum atomic E-state index is -1.93. The number of carbonyl (C=O) groups is 2. The number of aliphatic hydroxyl groups is 1. The highest BCUT2D eigenvalue weighted by molar-refractivity contribution is 7.81. The van der Waals surface area contributed by atoms with E-state index in [1.165, 1.54) is 0 Å². The first-order valence-electron chi connectivity index (χ1n) is 7.12. The van der Waals surface area contributed by atoms with E-state index < -0.39 is 22.9 Å². The lowest BCUT2D eigenvalue weighted by molar-refractivity contribution is -0.188. The Hall–Kier alpha value is -1.57. The van der Waals surface area contributed by atoms with Gasteiger partial charge in [-0.3, -0.25) is 4.79 Å². The van der Waals surface area contributed by atoms with Gasteiger partial charge in [-0.15, -0.1) is 0 Å². The fraction of sp³-hybridized carbons (Fsp3) is 0.467. The molecule has 1 fully saturated rings. The van der Waals surface area contributed by atoms with E-state index in [2.05, 4.69) is 12.6 Å². The Morgan fingerprint density at radius 1 is 1.41 bits per heavy atom. The number of nitrogens with two attached hydrogens (primary N) is 1. The van der Waals surface area contributed by atoms with E-state index in [4.69, 9.17) is 10.5 Å². The van der Waals surface area contributed by atoms with Crippen LogP contribution in [0, 0.1) is 0 Å². The van der Waals surface area contributed by atoms with Gasteiger partial charge in [0, 0.05) is 19.5 Å². The smallest absolute Gasteiger partial charge is 0.360 e. The monoisotopic (exact) mass is 324 g/mol. The summed E-state index contributed by atoms with van der Waals surface area (Å²) >= 11 is 4.08. The van der Waals surface area contributed by atoms with Gasteiger partial charge in [-0.2, -0.15) is 12.6 Å². The average molecular weight is 324 g/mol. The summed E-state index contributed by atoms with van der Waals surface area (Å²) < 4.78 is 5.17. The number of esters is 1. The lowest BCUT2D eigenvalue weighted by atomic mass is 10.1. The maximum atomic E-state index is 12.2. The predicted octanol–water partition coefficient (Wildman–Crippen LogP) is 0.298. The Kier molecular flexibility index (Phi) is 5.44. The molecule has 1 aromatic rings. The van der Waals surface area contributed by atoms with E-state index in [1.807, 2.05) is 30.3 Å². The van der Waals surface area contributed by atoms with Crippen molar-refractivity contribution in [2.75, 3.05) is 13.1 Å². The van der Waals surface area contributed by atoms with Crippen molar-refractivity contribution in [3.8, 4) is 0 Å². The van der Waals surface area contributed by atoms with Crippen LogP contribution in [0.3, 0.4) is 0 Å². The van der Waals surface area contributed by atoms with E-state index in [9.17, 15) is 14.7 Å². The third-order valence-corrected chi connectivity index (χ3v) is 4.10. The third-order valence-electron chi connectivity index (χ3n) is 3.67. The van der Waals surface area contributed by atoms with Gasteiger partial charge < -0.3 is 20.5 Å². The van der Waals surface area contributed by atoms with E-state index in [-0.39, 0.29) is 26.1 Å². The molecule has 1 heterocycles. The molecule has 7 heteroatoms. The summed E-state index contributed by atoms with van der Waals surface area (Å²) in [6, 6.07) is 9.14. The number of hydrogen-bond donors (Lipinski definition) is 3. The van der Waals surface area contributed by atoms with Crippen molar-refractivity contribution < 1.29 is 19.4 Å². The molecule has 2 atom stereocenters. The largest absolute Gasteiger partial charge is 0.457 e. The Morgan fingerprint density at radius 3 is 2.73 bits per heavy atom. The first-order valence-corrected chi connectivity index (χ1v) is 7.64. The first-order chi connectivity index (χ1) is 10.5. The lowest BCUT2D eigenvalue weighted by Gasteiger charge is -2.32. The van der Waals surface area contributed by atoms with Crippen LogP contribution in [-0.2, 0) is 20.9 Å². The van der Waals surface area contributed by atoms with E-state index in [0.29, 0.717) is 6.42 Å². The molecule has 0 bridgehead atoms. The summed E-state index contributed by atoms with van der Waals surface area (Å²) in [6.07, 6.45) is 0.672. The maximum absolute atomic E-state index is 12.2. The summed E-state index contributed by atoms with van der Waals surface area (Å²) in [5, 5.41) is 9.82. The van der Waals surface area contributed by atoms with Crippen LogP contribution in [-0.4, -0.2) is 45.9 Å². The molecule has 1 aromatic carbocycles. The van der Waals surface area contributed by atoms with E-state index in [0.717, 1.165) is 10.5 Å². The van der Waals surface area contributed by atoms with Crippen LogP contribution >= 0.6 is 12.6 Å². The second kappa shape index (κ2) is 7.13. The van der Waals surface area contributed by atoms with Gasteiger partial charge in [0.15, 0.2) is 0 Å². The van der Waals surface area contributed by atoms with Crippen LogP contribution in [0.1, 0.15) is 18.4 Å². The SMILES string of the molecule is NCC(S)C(=O)N1CCCC1(O)C(=O)OCc1ccccc1. The molecule has 0 aliphatic carbocycles. The fourth-order valence-electron chi connectivity index (χ4n) is 2.43. The van der Waals surface area contributed by atoms with Crippen molar-refractivity contribution in [2.45, 2.75) is 30.4 Å². The van der Waals surface area contributed by atoms with Gasteiger partial charge in [0.1, 0.15) is 6.61 Å². The highest BCUT2D eigenvalue weighted by Crippen LogP contribution is 2.29. The number of likely N-dealkylation sites (tertiary alicyclic amines) is 1. The highest BCUT2D eigenvalue weighted by atomic mass is 32.1. The topological polar surface area (TPSA) is 92.9 Å². The fourth-order valence-corrected chi connectivity index (χ4v) is 2.57. The molecule has 1 aliphatic heterocycles. The molecular formula is C15H20N2O4S. The zero-order valence-corrected chi connectivity index (χ0v) is 13.0. The van der Waals surface area contributed by atoms with Crippen LogP contribution in [0.25, 0.3) is 0 Å². The summed E-state index contributed by atoms with van der Waals surface area (Å²) in [4.78, 5) is 25.5. The molecule has 1 aliphatic rings. The molecule has 2 rings (SSSR count). The van der Waals surface area contributed by atoms with Gasteiger partial charge in [-0.1, -0.05) is 30.3 Å². The van der Waals surface area contributed by atoms with Gasteiger partial charge >= 0.3 is 5.97 Å². The average Bonchev–Trinajstić information content (AvgIpc) is 2.95. The summed E-state index contributed by atoms with van der Waals surface area (Å²) in [6.45, 7) is 0.367. The Bertz CT molecular complexity index is 540. The predicted molar refractivity (Wildman–Crippen MR) is 84.0 cm³/mol. The molecule has 22 heavy (non-hydrogen) atoms. The molecule has 1 amide bonds. The molecule has 6 nitrogen and oxygen atoms in total. The molecule has 1 saturated heterocycles. The number of benzene rings is 1. The van der Waals surface area contributed by atoms with Crippen molar-refractivity contribution in [2.24, 2.45) is 5.73 Å². The summed E-state index contributed by atoms with van der Waals surface area (Å²) in [7, 11) is 0. The van der Waals surface area contributed by atoms with Gasteiger partial charge in [0.2, 0.25) is 11.6 Å². The Labute approximate surface area is 134 Å². The third kappa shape index (κ3) is 3.43. The molecule has 0 aromatic heterocycles. The van der Waals surface area contributed by atoms with E-state index >= 15 is 0 Å². The van der Waals surface area contributed by atoms with Crippen molar-refractivity contribution in [1.82, 2.24) is 4.90 Å². The maximum Gasteiger partial charge on any atom is 0.360 e. The van der Waals surface area contributed by atoms with Crippen molar-refractivity contribution in [1.29, 1.82) is 0 Å². The minimum Gasteiger partial charge on any atom is -0.457 e. The molecule has 120 valence electrons. The number of hydrogen-bond acceptors (Lipinski definition) is 6. The van der Waals surface area contributed by atoms with E-state index in [1.54, 1.807) is 0 Å². The molecule has 3 N–H and O–H groups in total.